The molecule has 0 aromatic carbocycles. The first-order chi connectivity index (χ1) is 16.5. The Balaban J connectivity index is 1.57. The largest absolute Gasteiger partial charge is 0.460 e. The second-order valence-corrected chi connectivity index (χ2v) is 15.0. The summed E-state index contributed by atoms with van der Waals surface area (Å²) in [5, 5.41) is 21.4. The Morgan fingerprint density at radius 1 is 1.00 bits per heavy atom. The molecule has 4 rings (SSSR count). The molecule has 2 saturated carbocycles. The number of carbonyl (C=O) groups is 1. The second kappa shape index (κ2) is 9.11. The van der Waals surface area contributed by atoms with E-state index in [1.54, 1.807) is 25.0 Å². The normalized spacial score (nSPS) is 41.7. The van der Waals surface area contributed by atoms with Gasteiger partial charge in [-0.1, -0.05) is 52.7 Å². The minimum Gasteiger partial charge on any atom is -0.460 e. The molecule has 0 aliphatic heterocycles. The van der Waals surface area contributed by atoms with Gasteiger partial charge in [0.1, 0.15) is 6.10 Å². The molecule has 0 amide bonds. The van der Waals surface area contributed by atoms with E-state index in [2.05, 4.69) is 41.5 Å². The fourth-order valence-electron chi connectivity index (χ4n) is 10.0. The molecule has 0 heterocycles. The van der Waals surface area contributed by atoms with Crippen LogP contribution in [-0.2, 0) is 9.53 Å². The van der Waals surface area contributed by atoms with Gasteiger partial charge in [-0.05, 0) is 117 Å². The van der Waals surface area contributed by atoms with Crippen molar-refractivity contribution in [3.8, 4) is 0 Å². The molecule has 2 N–H and O–H groups in total. The molecule has 0 saturated heterocycles. The van der Waals surface area contributed by atoms with E-state index in [1.807, 2.05) is 0 Å². The van der Waals surface area contributed by atoms with Gasteiger partial charge >= 0.3 is 5.97 Å². The van der Waals surface area contributed by atoms with E-state index in [0.717, 1.165) is 19.3 Å². The number of aliphatic hydroxyl groups is 2. The van der Waals surface area contributed by atoms with Crippen molar-refractivity contribution in [3.63, 3.8) is 0 Å². The lowest BCUT2D eigenvalue weighted by Crippen LogP contribution is -2.55. The van der Waals surface area contributed by atoms with E-state index >= 15 is 0 Å². The highest BCUT2D eigenvalue weighted by molar-refractivity contribution is 5.66. The highest BCUT2D eigenvalue weighted by Gasteiger charge is 2.63. The van der Waals surface area contributed by atoms with Gasteiger partial charge in [0.15, 0.2) is 0 Å². The van der Waals surface area contributed by atoms with Crippen LogP contribution in [0.25, 0.3) is 0 Å². The fraction of sp³-hybridized carbons (Fsp3) is 0.906. The first-order valence-electron chi connectivity index (χ1n) is 14.8. The van der Waals surface area contributed by atoms with Crippen LogP contribution in [0.2, 0.25) is 0 Å². The number of fused-ring (bicyclic) bond motifs is 4. The van der Waals surface area contributed by atoms with Crippen molar-refractivity contribution in [2.45, 2.75) is 144 Å². The first kappa shape index (κ1) is 28.1. The lowest BCUT2D eigenvalue weighted by atomic mass is 9.43. The second-order valence-electron chi connectivity index (χ2n) is 15.0. The monoisotopic (exact) mass is 502 g/mol. The highest BCUT2D eigenvalue weighted by atomic mass is 16.6. The number of hydrogen-bond donors (Lipinski definition) is 2. The van der Waals surface area contributed by atoms with Crippen LogP contribution in [0.15, 0.2) is 11.1 Å². The zero-order chi connectivity index (χ0) is 26.9. The summed E-state index contributed by atoms with van der Waals surface area (Å²) in [6, 6.07) is 0. The number of esters is 1. The number of rotatable bonds is 6. The molecule has 0 aromatic heterocycles. The standard InChI is InChI=1S/C32H54O4/c1-20(10-13-27(29(5,6)35)36-21(2)33)22-14-18-32(9)24-11-12-25-28(3,4)26(34)16-17-30(25,7)23(24)15-19-31(22,32)8/h20,22,25-27,34-35H,10-19H2,1-9H3/t20?,22?,25-,26-,27?,30+,31+,32-/m0/s1. The topological polar surface area (TPSA) is 66.8 Å². The Morgan fingerprint density at radius 3 is 2.28 bits per heavy atom. The van der Waals surface area contributed by atoms with E-state index in [0.29, 0.717) is 24.2 Å². The molecule has 4 nitrogen and oxygen atoms in total. The molecule has 36 heavy (non-hydrogen) atoms. The van der Waals surface area contributed by atoms with Crippen LogP contribution in [-0.4, -0.2) is 34.0 Å². The SMILES string of the molecule is CC(=O)OC(CCC(C)C1CC[C@@]2(C)C3=C(CC[C@]12C)[C@@]1(C)CC[C@H](O)C(C)(C)[C@@H]1CC3)C(C)(C)O. The summed E-state index contributed by atoms with van der Waals surface area (Å²) < 4.78 is 5.52. The number of aliphatic hydroxyl groups excluding tert-OH is 1. The summed E-state index contributed by atoms with van der Waals surface area (Å²) in [6.07, 6.45) is 10.5. The van der Waals surface area contributed by atoms with E-state index in [9.17, 15) is 15.0 Å². The summed E-state index contributed by atoms with van der Waals surface area (Å²) in [5.41, 5.74) is 3.27. The number of carbonyl (C=O) groups excluding carboxylic acids is 1. The molecule has 4 aliphatic carbocycles. The van der Waals surface area contributed by atoms with Gasteiger partial charge in [0.05, 0.1) is 11.7 Å². The van der Waals surface area contributed by atoms with Crippen LogP contribution in [0, 0.1) is 39.4 Å². The minimum absolute atomic E-state index is 0.0150. The van der Waals surface area contributed by atoms with Crippen LogP contribution in [0.3, 0.4) is 0 Å². The Morgan fingerprint density at radius 2 is 1.67 bits per heavy atom. The highest BCUT2D eigenvalue weighted by Crippen LogP contribution is 2.72. The molecule has 4 heteroatoms. The van der Waals surface area contributed by atoms with Gasteiger partial charge in [-0.25, -0.2) is 0 Å². The van der Waals surface area contributed by atoms with Crippen LogP contribution in [0.1, 0.15) is 127 Å². The minimum atomic E-state index is -1.03. The van der Waals surface area contributed by atoms with Crippen molar-refractivity contribution in [2.24, 2.45) is 39.4 Å². The molecular weight excluding hydrogens is 448 g/mol. The summed E-state index contributed by atoms with van der Waals surface area (Å²) in [6.45, 7) is 19.6. The molecule has 0 aromatic rings. The van der Waals surface area contributed by atoms with Crippen LogP contribution in [0.5, 0.6) is 0 Å². The third kappa shape index (κ3) is 4.21. The van der Waals surface area contributed by atoms with Gasteiger partial charge in [0, 0.05) is 6.92 Å². The van der Waals surface area contributed by atoms with Crippen molar-refractivity contribution in [1.82, 2.24) is 0 Å². The lowest BCUT2D eigenvalue weighted by molar-refractivity contribution is -0.160. The average molecular weight is 503 g/mol. The van der Waals surface area contributed by atoms with Crippen molar-refractivity contribution in [3.05, 3.63) is 11.1 Å². The van der Waals surface area contributed by atoms with Crippen molar-refractivity contribution < 1.29 is 19.7 Å². The van der Waals surface area contributed by atoms with E-state index in [1.165, 1.54) is 45.4 Å². The summed E-state index contributed by atoms with van der Waals surface area (Å²) in [5.74, 6) is 1.42. The maximum atomic E-state index is 11.6. The molecule has 0 radical (unpaired) electrons. The molecular formula is C32H54O4. The zero-order valence-corrected chi connectivity index (χ0v) is 24.7. The van der Waals surface area contributed by atoms with Gasteiger partial charge in [0.2, 0.25) is 0 Å². The Kier molecular flexibility index (Phi) is 7.12. The molecule has 4 aliphatic rings. The molecule has 0 spiro atoms. The van der Waals surface area contributed by atoms with Crippen molar-refractivity contribution in [1.29, 1.82) is 0 Å². The predicted molar refractivity (Wildman–Crippen MR) is 145 cm³/mol. The van der Waals surface area contributed by atoms with Crippen LogP contribution >= 0.6 is 0 Å². The quantitative estimate of drug-likeness (QED) is 0.297. The van der Waals surface area contributed by atoms with Gasteiger partial charge in [0.25, 0.3) is 0 Å². The van der Waals surface area contributed by atoms with E-state index in [-0.39, 0.29) is 33.7 Å². The Hall–Kier alpha value is -0.870. The zero-order valence-electron chi connectivity index (χ0n) is 24.7. The fourth-order valence-corrected chi connectivity index (χ4v) is 10.0. The molecule has 206 valence electrons. The Bertz CT molecular complexity index is 896. The maximum absolute atomic E-state index is 11.6. The molecule has 3 unspecified atom stereocenters. The molecule has 0 bridgehead atoms. The molecule has 8 atom stereocenters. The predicted octanol–water partition coefficient (Wildman–Crippen LogP) is 7.22. The smallest absolute Gasteiger partial charge is 0.303 e. The first-order valence-corrected chi connectivity index (χ1v) is 14.8. The van der Waals surface area contributed by atoms with E-state index in [4.69, 9.17) is 4.74 Å². The van der Waals surface area contributed by atoms with Crippen LogP contribution in [0.4, 0.5) is 0 Å². The number of allylic oxidation sites excluding steroid dienone is 2. The third-order valence-electron chi connectivity index (χ3n) is 12.5. The third-order valence-corrected chi connectivity index (χ3v) is 12.5. The van der Waals surface area contributed by atoms with Gasteiger partial charge in [-0.3, -0.25) is 4.79 Å². The van der Waals surface area contributed by atoms with Crippen LogP contribution < -0.4 is 0 Å². The number of hydrogen-bond acceptors (Lipinski definition) is 4. The van der Waals surface area contributed by atoms with Crippen molar-refractivity contribution >= 4 is 5.97 Å². The summed E-state index contributed by atoms with van der Waals surface area (Å²) in [4.78, 5) is 11.6. The van der Waals surface area contributed by atoms with Crippen molar-refractivity contribution in [2.75, 3.05) is 0 Å². The van der Waals surface area contributed by atoms with Gasteiger partial charge < -0.3 is 14.9 Å². The van der Waals surface area contributed by atoms with Gasteiger partial charge in [-0.2, -0.15) is 0 Å². The summed E-state index contributed by atoms with van der Waals surface area (Å²) in [7, 11) is 0. The average Bonchev–Trinajstić information content (AvgIpc) is 3.04. The Labute approximate surface area is 220 Å². The van der Waals surface area contributed by atoms with E-state index < -0.39 is 11.7 Å². The summed E-state index contributed by atoms with van der Waals surface area (Å²) >= 11 is 0. The number of ether oxygens (including phenoxy) is 1. The maximum Gasteiger partial charge on any atom is 0.303 e. The van der Waals surface area contributed by atoms with Gasteiger partial charge in [-0.15, -0.1) is 0 Å². The molecule has 2 fully saturated rings. The lowest BCUT2D eigenvalue weighted by Gasteiger charge is -2.62.